The van der Waals surface area contributed by atoms with Gasteiger partial charge in [0, 0.05) is 18.6 Å². The molecule has 2 aliphatic heterocycles. The maximum Gasteiger partial charge on any atom is 0.0461 e. The van der Waals surface area contributed by atoms with Crippen molar-refractivity contribution < 1.29 is 0 Å². The minimum Gasteiger partial charge on any atom is -0.371 e. The van der Waals surface area contributed by atoms with Crippen LogP contribution in [0.2, 0.25) is 0 Å². The summed E-state index contributed by atoms with van der Waals surface area (Å²) in [5, 5.41) is 0. The molecule has 2 heteroatoms. The maximum atomic E-state index is 5.70. The van der Waals surface area contributed by atoms with Crippen molar-refractivity contribution in [3.63, 3.8) is 0 Å². The molecule has 2 heterocycles. The summed E-state index contributed by atoms with van der Waals surface area (Å²) < 4.78 is 0. The number of hydrogen-bond acceptors (Lipinski definition) is 2. The quantitative estimate of drug-likeness (QED) is 0.471. The molecule has 0 spiro atoms. The molecule has 0 aromatic heterocycles. The summed E-state index contributed by atoms with van der Waals surface area (Å²) >= 11 is 0. The number of nitrogens with two attached hydrogens (primary N) is 1. The molecule has 2 unspecified atom stereocenters. The Morgan fingerprint density at radius 1 is 1.44 bits per heavy atom. The predicted molar refractivity (Wildman–Crippen MR) is 36.8 cm³/mol. The highest BCUT2D eigenvalue weighted by molar-refractivity contribution is 5.05. The highest BCUT2D eigenvalue weighted by atomic mass is 15.3. The molecule has 0 aromatic rings. The van der Waals surface area contributed by atoms with Crippen LogP contribution >= 0.6 is 0 Å². The molecular formula is C7H12N2. The summed E-state index contributed by atoms with van der Waals surface area (Å²) in [6, 6.07) is 1.16. The van der Waals surface area contributed by atoms with Crippen LogP contribution in [0.4, 0.5) is 0 Å². The second kappa shape index (κ2) is 1.74. The third-order valence-corrected chi connectivity index (χ3v) is 2.11. The van der Waals surface area contributed by atoms with Crippen molar-refractivity contribution in [2.24, 2.45) is 5.73 Å². The van der Waals surface area contributed by atoms with E-state index < -0.39 is 0 Å². The zero-order valence-corrected chi connectivity index (χ0v) is 5.46. The summed E-state index contributed by atoms with van der Waals surface area (Å²) in [6.45, 7) is 1.27. The lowest BCUT2D eigenvalue weighted by atomic mass is 10.1. The number of fused-ring (bicyclic) bond motifs is 1. The van der Waals surface area contributed by atoms with Gasteiger partial charge in [-0.25, -0.2) is 0 Å². The first-order valence-electron chi connectivity index (χ1n) is 3.56. The van der Waals surface area contributed by atoms with Gasteiger partial charge in [-0.2, -0.15) is 0 Å². The van der Waals surface area contributed by atoms with Crippen LogP contribution in [0.25, 0.3) is 0 Å². The Morgan fingerprint density at radius 2 is 2.33 bits per heavy atom. The molecule has 0 saturated carbocycles. The summed E-state index contributed by atoms with van der Waals surface area (Å²) in [5.41, 5.74) is 5.70. The molecule has 0 aromatic carbocycles. The smallest absolute Gasteiger partial charge is 0.0461 e. The van der Waals surface area contributed by atoms with Crippen LogP contribution in [-0.2, 0) is 0 Å². The predicted octanol–water partition coefficient (Wildman–Crippen LogP) is 0.305. The second-order valence-electron chi connectivity index (χ2n) is 2.93. The normalized spacial score (nSPS) is 39.9. The third kappa shape index (κ3) is 0.944. The van der Waals surface area contributed by atoms with Crippen molar-refractivity contribution in [3.05, 3.63) is 12.3 Å². The number of rotatable bonds is 0. The average molecular weight is 124 g/mol. The van der Waals surface area contributed by atoms with Crippen molar-refractivity contribution in [1.82, 2.24) is 4.90 Å². The molecule has 2 atom stereocenters. The van der Waals surface area contributed by atoms with Gasteiger partial charge in [0.1, 0.15) is 0 Å². The largest absolute Gasteiger partial charge is 0.371 e. The molecule has 0 aliphatic carbocycles. The highest BCUT2D eigenvalue weighted by Crippen LogP contribution is 2.25. The monoisotopic (exact) mass is 124 g/mol. The molecular weight excluding hydrogens is 112 g/mol. The fraction of sp³-hybridized carbons (Fsp3) is 0.714. The van der Waals surface area contributed by atoms with Crippen LogP contribution < -0.4 is 5.73 Å². The second-order valence-corrected chi connectivity index (χ2v) is 2.93. The fourth-order valence-corrected chi connectivity index (χ4v) is 1.34. The lowest BCUT2D eigenvalue weighted by Crippen LogP contribution is -2.16. The number of hydrogen-bond donors (Lipinski definition) is 1. The van der Waals surface area contributed by atoms with E-state index in [-0.39, 0.29) is 0 Å². The van der Waals surface area contributed by atoms with E-state index in [9.17, 15) is 0 Å². The Morgan fingerprint density at radius 3 is 3.22 bits per heavy atom. The third-order valence-electron chi connectivity index (χ3n) is 2.11. The molecule has 2 nitrogen and oxygen atoms in total. The van der Waals surface area contributed by atoms with Crippen LogP contribution in [0.1, 0.15) is 12.8 Å². The van der Waals surface area contributed by atoms with E-state index in [0.717, 1.165) is 12.5 Å². The maximum absolute atomic E-state index is 5.70. The first-order valence-corrected chi connectivity index (χ1v) is 3.56. The van der Waals surface area contributed by atoms with Gasteiger partial charge in [-0.05, 0) is 19.0 Å². The molecule has 0 bridgehead atoms. The van der Waals surface area contributed by atoms with E-state index in [1.54, 1.807) is 0 Å². The Balaban J connectivity index is 2.03. The van der Waals surface area contributed by atoms with E-state index in [1.165, 1.54) is 13.0 Å². The van der Waals surface area contributed by atoms with Crippen molar-refractivity contribution in [2.75, 3.05) is 6.54 Å². The Hall–Kier alpha value is -0.500. The molecule has 9 heavy (non-hydrogen) atoms. The van der Waals surface area contributed by atoms with Crippen molar-refractivity contribution >= 4 is 0 Å². The first kappa shape index (κ1) is 5.30. The molecule has 1 fully saturated rings. The van der Waals surface area contributed by atoms with Gasteiger partial charge in [0.15, 0.2) is 0 Å². The van der Waals surface area contributed by atoms with E-state index in [0.29, 0.717) is 6.04 Å². The number of nitrogens with zero attached hydrogens (tertiary/aromatic N) is 1. The van der Waals surface area contributed by atoms with Crippen LogP contribution in [0.15, 0.2) is 12.3 Å². The fourth-order valence-electron chi connectivity index (χ4n) is 1.34. The average Bonchev–Trinajstić information content (AvgIpc) is 2.54. The minimum absolute atomic E-state index is 0.317. The van der Waals surface area contributed by atoms with Crippen LogP contribution in [0.5, 0.6) is 0 Å². The molecule has 1 saturated heterocycles. The van der Waals surface area contributed by atoms with Gasteiger partial charge >= 0.3 is 0 Å². The van der Waals surface area contributed by atoms with E-state index in [1.807, 2.05) is 0 Å². The van der Waals surface area contributed by atoms with Gasteiger partial charge in [-0.3, -0.25) is 0 Å². The van der Waals surface area contributed by atoms with Crippen molar-refractivity contribution in [3.8, 4) is 0 Å². The van der Waals surface area contributed by atoms with Crippen LogP contribution in [-0.4, -0.2) is 23.5 Å². The minimum atomic E-state index is 0.317. The topological polar surface area (TPSA) is 29.0 Å². The van der Waals surface area contributed by atoms with Gasteiger partial charge in [0.25, 0.3) is 0 Å². The summed E-state index contributed by atoms with van der Waals surface area (Å²) in [6.07, 6.45) is 6.70. The van der Waals surface area contributed by atoms with Gasteiger partial charge in [-0.1, -0.05) is 6.08 Å². The first-order chi connectivity index (χ1) is 4.36. The molecule has 0 amide bonds. The Labute approximate surface area is 55.3 Å². The SMILES string of the molecule is NC1C=CN2CC2CC1. The van der Waals surface area contributed by atoms with Gasteiger partial charge in [0.2, 0.25) is 0 Å². The standard InChI is InChI=1S/C7H12N2/c8-6-1-2-7-5-9(7)4-3-6/h3-4,6-7H,1-2,5,8H2. The van der Waals surface area contributed by atoms with Crippen molar-refractivity contribution in [2.45, 2.75) is 24.9 Å². The molecule has 2 aliphatic rings. The summed E-state index contributed by atoms with van der Waals surface area (Å²) in [7, 11) is 0. The highest BCUT2D eigenvalue weighted by Gasteiger charge is 2.31. The Kier molecular flexibility index (Phi) is 1.02. The summed E-state index contributed by atoms with van der Waals surface area (Å²) in [4.78, 5) is 2.34. The molecule has 50 valence electrons. The summed E-state index contributed by atoms with van der Waals surface area (Å²) in [5.74, 6) is 0. The molecule has 2 rings (SSSR count). The zero-order chi connectivity index (χ0) is 6.27. The van der Waals surface area contributed by atoms with Gasteiger partial charge < -0.3 is 10.6 Å². The molecule has 2 N–H and O–H groups in total. The van der Waals surface area contributed by atoms with E-state index >= 15 is 0 Å². The lowest BCUT2D eigenvalue weighted by molar-refractivity contribution is 0.616. The van der Waals surface area contributed by atoms with E-state index in [2.05, 4.69) is 17.2 Å². The Bertz CT molecular complexity index is 138. The van der Waals surface area contributed by atoms with Gasteiger partial charge in [0.05, 0.1) is 0 Å². The van der Waals surface area contributed by atoms with Crippen molar-refractivity contribution in [1.29, 1.82) is 0 Å². The van der Waals surface area contributed by atoms with Gasteiger partial charge in [-0.15, -0.1) is 0 Å². The lowest BCUT2D eigenvalue weighted by Gasteiger charge is -1.99. The van der Waals surface area contributed by atoms with E-state index in [4.69, 9.17) is 5.73 Å². The zero-order valence-electron chi connectivity index (χ0n) is 5.46. The van der Waals surface area contributed by atoms with Crippen LogP contribution in [0, 0.1) is 0 Å². The molecule has 0 radical (unpaired) electrons. The van der Waals surface area contributed by atoms with Crippen LogP contribution in [0.3, 0.4) is 0 Å².